The van der Waals surface area contributed by atoms with E-state index in [0.717, 1.165) is 6.26 Å². The molecule has 0 radical (unpaired) electrons. The Morgan fingerprint density at radius 1 is 1.78 bits per heavy atom. The number of rotatable bonds is 3. The van der Waals surface area contributed by atoms with Crippen molar-refractivity contribution in [1.82, 2.24) is 0 Å². The molecule has 9 heavy (non-hydrogen) atoms. The van der Waals surface area contributed by atoms with Crippen LogP contribution in [0.2, 0.25) is 0 Å². The van der Waals surface area contributed by atoms with Crippen LogP contribution in [-0.2, 0) is 9.53 Å². The molecular weight excluding hydrogens is 131 g/mol. The van der Waals surface area contributed by atoms with Gasteiger partial charge in [0.1, 0.15) is 0 Å². The molecule has 1 N–H and O–H groups in total. The summed E-state index contributed by atoms with van der Waals surface area (Å²) in [5.41, 5.74) is 0. The molecule has 0 aromatic rings. The molecule has 0 fully saturated rings. The third-order valence-electron chi connectivity index (χ3n) is 0.464. The summed E-state index contributed by atoms with van der Waals surface area (Å²) >= 11 is 0. The molecule has 0 saturated heterocycles. The first kappa shape index (κ1) is 11.5. The summed E-state index contributed by atoms with van der Waals surface area (Å²) < 4.78 is 4.27. The largest absolute Gasteiger partial charge is 1.00 e. The maximum atomic E-state index is 9.82. The molecular formula is C5H7NaO3. The molecule has 3 nitrogen and oxygen atoms in total. The predicted octanol–water partition coefficient (Wildman–Crippen LogP) is -2.14. The SMILES string of the molecule is C=COC(=C)C(=O)O.[H-].[Na+]. The first-order chi connectivity index (χ1) is 3.68. The van der Waals surface area contributed by atoms with E-state index in [1.54, 1.807) is 0 Å². The standard InChI is InChI=1S/C5H6O3.Na.H/c1-3-8-4(2)5(6)7;;/h3H,1-2H2,(H,6,7);;/q;+1;-1. The van der Waals surface area contributed by atoms with E-state index in [4.69, 9.17) is 5.11 Å². The van der Waals surface area contributed by atoms with Crippen molar-refractivity contribution in [3.05, 3.63) is 25.2 Å². The van der Waals surface area contributed by atoms with Crippen LogP contribution in [0.5, 0.6) is 0 Å². The third-order valence-corrected chi connectivity index (χ3v) is 0.464. The van der Waals surface area contributed by atoms with Gasteiger partial charge in [0.15, 0.2) is 0 Å². The van der Waals surface area contributed by atoms with Crippen molar-refractivity contribution in [3.63, 3.8) is 0 Å². The zero-order valence-electron chi connectivity index (χ0n) is 6.26. The summed E-state index contributed by atoms with van der Waals surface area (Å²) in [6, 6.07) is 0. The quantitative estimate of drug-likeness (QED) is 0.275. The van der Waals surface area contributed by atoms with Crippen molar-refractivity contribution in [2.45, 2.75) is 0 Å². The van der Waals surface area contributed by atoms with Gasteiger partial charge in [-0.15, -0.1) is 0 Å². The van der Waals surface area contributed by atoms with Crippen molar-refractivity contribution < 1.29 is 45.6 Å². The fraction of sp³-hybridized carbons (Fsp3) is 0. The molecule has 0 rings (SSSR count). The van der Waals surface area contributed by atoms with Gasteiger partial charge in [-0.1, -0.05) is 6.58 Å². The first-order valence-corrected chi connectivity index (χ1v) is 1.88. The minimum Gasteiger partial charge on any atom is -1.00 e. The molecule has 0 aliphatic rings. The molecule has 0 saturated carbocycles. The Morgan fingerprint density at radius 3 is 2.33 bits per heavy atom. The Hall–Kier alpha value is -0.250. The number of hydrogen-bond donors (Lipinski definition) is 1. The monoisotopic (exact) mass is 138 g/mol. The second kappa shape index (κ2) is 5.88. The van der Waals surface area contributed by atoms with Gasteiger partial charge in [0, 0.05) is 0 Å². The van der Waals surface area contributed by atoms with E-state index in [-0.39, 0.29) is 36.7 Å². The number of ether oxygens (including phenoxy) is 1. The van der Waals surface area contributed by atoms with Crippen LogP contribution < -0.4 is 29.6 Å². The molecule has 0 amide bonds. The molecule has 0 spiro atoms. The first-order valence-electron chi connectivity index (χ1n) is 1.88. The molecule has 0 bridgehead atoms. The summed E-state index contributed by atoms with van der Waals surface area (Å²) in [4.78, 5) is 9.82. The van der Waals surface area contributed by atoms with Crippen molar-refractivity contribution in [2.24, 2.45) is 0 Å². The second-order valence-corrected chi connectivity index (χ2v) is 1.01. The van der Waals surface area contributed by atoms with Crippen LogP contribution >= 0.6 is 0 Å². The summed E-state index contributed by atoms with van der Waals surface area (Å²) in [5.74, 6) is -1.50. The van der Waals surface area contributed by atoms with Gasteiger partial charge >= 0.3 is 35.5 Å². The van der Waals surface area contributed by atoms with E-state index in [9.17, 15) is 4.79 Å². The zero-order valence-corrected chi connectivity index (χ0v) is 7.26. The van der Waals surface area contributed by atoms with E-state index in [2.05, 4.69) is 17.9 Å². The Balaban J connectivity index is -0.000000245. The normalized spacial score (nSPS) is 6.67. The van der Waals surface area contributed by atoms with Gasteiger partial charge in [0.2, 0.25) is 5.76 Å². The van der Waals surface area contributed by atoms with Crippen LogP contribution in [0.3, 0.4) is 0 Å². The predicted molar refractivity (Wildman–Crippen MR) is 29.2 cm³/mol. The van der Waals surface area contributed by atoms with Gasteiger partial charge in [0.25, 0.3) is 0 Å². The van der Waals surface area contributed by atoms with E-state index in [0.29, 0.717) is 0 Å². The summed E-state index contributed by atoms with van der Waals surface area (Å²) in [5, 5.41) is 8.04. The van der Waals surface area contributed by atoms with Crippen molar-refractivity contribution in [3.8, 4) is 0 Å². The minimum absolute atomic E-state index is 0. The Kier molecular flexibility index (Phi) is 7.53. The van der Waals surface area contributed by atoms with Gasteiger partial charge in [-0.05, 0) is 6.58 Å². The molecule has 0 heterocycles. The maximum absolute atomic E-state index is 9.82. The van der Waals surface area contributed by atoms with Gasteiger partial charge in [-0.25, -0.2) is 4.79 Å². The molecule has 46 valence electrons. The summed E-state index contributed by atoms with van der Waals surface area (Å²) in [7, 11) is 0. The minimum atomic E-state index is -1.18. The van der Waals surface area contributed by atoms with Crippen LogP contribution in [0.25, 0.3) is 0 Å². The van der Waals surface area contributed by atoms with Crippen LogP contribution in [0.4, 0.5) is 0 Å². The van der Waals surface area contributed by atoms with Crippen molar-refractivity contribution in [1.29, 1.82) is 0 Å². The average Bonchev–Trinajstić information content (AvgIpc) is 1.67. The van der Waals surface area contributed by atoms with E-state index >= 15 is 0 Å². The van der Waals surface area contributed by atoms with Gasteiger partial charge in [-0.2, -0.15) is 0 Å². The van der Waals surface area contributed by atoms with E-state index in [1.807, 2.05) is 0 Å². The molecule has 0 aliphatic carbocycles. The zero-order chi connectivity index (χ0) is 6.57. The molecule has 4 heteroatoms. The molecule has 0 unspecified atom stereocenters. The van der Waals surface area contributed by atoms with Crippen LogP contribution in [-0.4, -0.2) is 11.1 Å². The van der Waals surface area contributed by atoms with Crippen molar-refractivity contribution in [2.75, 3.05) is 0 Å². The number of carbonyl (C=O) groups is 1. The number of hydrogen-bond acceptors (Lipinski definition) is 2. The average molecular weight is 138 g/mol. The van der Waals surface area contributed by atoms with Crippen LogP contribution in [0.15, 0.2) is 25.2 Å². The van der Waals surface area contributed by atoms with Gasteiger partial charge in [0.05, 0.1) is 6.26 Å². The summed E-state index contributed by atoms with van der Waals surface area (Å²) in [6.45, 7) is 6.19. The van der Waals surface area contributed by atoms with E-state index < -0.39 is 5.97 Å². The topological polar surface area (TPSA) is 46.5 Å². The Labute approximate surface area is 76.8 Å². The fourth-order valence-electron chi connectivity index (χ4n) is 0.151. The van der Waals surface area contributed by atoms with Crippen LogP contribution in [0, 0.1) is 0 Å². The second-order valence-electron chi connectivity index (χ2n) is 1.01. The molecule has 0 aromatic heterocycles. The smallest absolute Gasteiger partial charge is 1.00 e. The fourth-order valence-corrected chi connectivity index (χ4v) is 0.151. The number of carboxylic acids is 1. The molecule has 0 atom stereocenters. The number of carboxylic acid groups (broad SMARTS) is 1. The Morgan fingerprint density at radius 2 is 2.22 bits per heavy atom. The van der Waals surface area contributed by atoms with Gasteiger partial charge in [-0.3, -0.25) is 0 Å². The maximum Gasteiger partial charge on any atom is 1.00 e. The summed E-state index contributed by atoms with van der Waals surface area (Å²) in [6.07, 6.45) is 1.01. The van der Waals surface area contributed by atoms with Crippen molar-refractivity contribution >= 4 is 5.97 Å². The third kappa shape index (κ3) is 5.62. The molecule has 0 aliphatic heterocycles. The number of aliphatic carboxylic acids is 1. The van der Waals surface area contributed by atoms with Gasteiger partial charge < -0.3 is 11.3 Å². The van der Waals surface area contributed by atoms with Crippen LogP contribution in [0.1, 0.15) is 1.43 Å². The molecule has 0 aromatic carbocycles. The van der Waals surface area contributed by atoms with E-state index in [1.165, 1.54) is 0 Å². The Bertz CT molecular complexity index is 135.